The first kappa shape index (κ1) is 22.4. The third-order valence-corrected chi connectivity index (χ3v) is 7.59. The Bertz CT molecular complexity index is 1040. The number of amides is 1. The SMILES string of the molecule is C[C@](O)(c1ccc(C(=O)N(C2CC2)[C@H]2CC[C@@]3(CC2)OCc2ccccc23)cc1)C(F)(F)F. The molecule has 1 heterocycles. The number of aliphatic hydroxyl groups is 1. The summed E-state index contributed by atoms with van der Waals surface area (Å²) in [5, 5.41) is 9.90. The summed E-state index contributed by atoms with van der Waals surface area (Å²) in [6.07, 6.45) is 0.463. The summed E-state index contributed by atoms with van der Waals surface area (Å²) >= 11 is 0. The fourth-order valence-electron chi connectivity index (χ4n) is 5.38. The van der Waals surface area contributed by atoms with Gasteiger partial charge in [0, 0.05) is 17.6 Å². The Morgan fingerprint density at radius 2 is 1.61 bits per heavy atom. The number of hydrogen-bond acceptors (Lipinski definition) is 3. The van der Waals surface area contributed by atoms with Crippen molar-refractivity contribution < 1.29 is 27.8 Å². The van der Waals surface area contributed by atoms with Crippen molar-refractivity contribution in [3.63, 3.8) is 0 Å². The first-order valence-electron chi connectivity index (χ1n) is 11.6. The minimum atomic E-state index is -4.79. The van der Waals surface area contributed by atoms with E-state index in [0.29, 0.717) is 12.2 Å². The van der Waals surface area contributed by atoms with Gasteiger partial charge < -0.3 is 14.7 Å². The lowest BCUT2D eigenvalue weighted by Crippen LogP contribution is -2.46. The standard InChI is InChI=1S/C26H28F3NO3/c1-24(32,26(27,28)29)19-8-6-17(7-9-19)23(31)30(20-10-11-20)21-12-14-25(15-13-21)22-5-3-2-4-18(22)16-33-25/h2-9,20-21,32H,10-16H2,1H3/t21-,24-,25-/m0/s1. The minimum Gasteiger partial charge on any atom is -0.376 e. The van der Waals surface area contributed by atoms with Crippen molar-refractivity contribution in [1.82, 2.24) is 4.90 Å². The predicted octanol–water partition coefficient (Wildman–Crippen LogP) is 5.43. The van der Waals surface area contributed by atoms with Crippen molar-refractivity contribution in [3.05, 3.63) is 70.8 Å². The quantitative estimate of drug-likeness (QED) is 0.664. The van der Waals surface area contributed by atoms with E-state index >= 15 is 0 Å². The Labute approximate surface area is 191 Å². The zero-order chi connectivity index (χ0) is 23.4. The van der Waals surface area contributed by atoms with E-state index in [1.807, 2.05) is 17.0 Å². The van der Waals surface area contributed by atoms with Gasteiger partial charge in [0.15, 0.2) is 5.60 Å². The zero-order valence-electron chi connectivity index (χ0n) is 18.6. The van der Waals surface area contributed by atoms with Crippen LogP contribution in [0, 0.1) is 0 Å². The lowest BCUT2D eigenvalue weighted by atomic mass is 9.77. The molecule has 4 nitrogen and oxygen atoms in total. The topological polar surface area (TPSA) is 49.8 Å². The Kier molecular flexibility index (Phi) is 5.33. The van der Waals surface area contributed by atoms with Crippen LogP contribution in [0.1, 0.15) is 72.5 Å². The Morgan fingerprint density at radius 3 is 2.21 bits per heavy atom. The molecule has 1 N–H and O–H groups in total. The normalized spacial score (nSPS) is 26.6. The molecule has 2 fully saturated rings. The molecule has 2 aromatic rings. The summed E-state index contributed by atoms with van der Waals surface area (Å²) in [5.41, 5.74) is -0.649. The Morgan fingerprint density at radius 1 is 1.00 bits per heavy atom. The van der Waals surface area contributed by atoms with Crippen LogP contribution in [0.4, 0.5) is 13.2 Å². The van der Waals surface area contributed by atoms with Gasteiger partial charge in [0.05, 0.1) is 12.2 Å². The molecule has 0 radical (unpaired) electrons. The summed E-state index contributed by atoms with van der Waals surface area (Å²) < 4.78 is 45.7. The summed E-state index contributed by atoms with van der Waals surface area (Å²) in [7, 11) is 0. The van der Waals surface area contributed by atoms with Crippen LogP contribution in [-0.4, -0.2) is 34.2 Å². The summed E-state index contributed by atoms with van der Waals surface area (Å²) in [5.74, 6) is -0.149. The molecule has 2 aromatic carbocycles. The molecular formula is C26H28F3NO3. The first-order chi connectivity index (χ1) is 15.6. The van der Waals surface area contributed by atoms with Gasteiger partial charge in [0.2, 0.25) is 0 Å². The third-order valence-electron chi connectivity index (χ3n) is 7.59. The van der Waals surface area contributed by atoms with Gasteiger partial charge in [0.25, 0.3) is 5.91 Å². The van der Waals surface area contributed by atoms with E-state index in [1.165, 1.54) is 35.4 Å². The average molecular weight is 460 g/mol. The number of ether oxygens (including phenoxy) is 1. The van der Waals surface area contributed by atoms with Gasteiger partial charge in [-0.2, -0.15) is 13.2 Å². The molecule has 7 heteroatoms. The van der Waals surface area contributed by atoms with E-state index < -0.39 is 11.8 Å². The van der Waals surface area contributed by atoms with Crippen molar-refractivity contribution >= 4 is 5.91 Å². The number of carbonyl (C=O) groups is 1. The highest BCUT2D eigenvalue weighted by Crippen LogP contribution is 2.48. The maximum atomic E-state index is 13.4. The molecule has 1 amide bonds. The van der Waals surface area contributed by atoms with Crippen LogP contribution in [-0.2, 0) is 22.5 Å². The molecule has 1 spiro atoms. The summed E-state index contributed by atoms with van der Waals surface area (Å²) in [6.45, 7) is 1.35. The van der Waals surface area contributed by atoms with Crippen LogP contribution in [0.5, 0.6) is 0 Å². The van der Waals surface area contributed by atoms with E-state index in [1.54, 1.807) is 0 Å². The fraction of sp³-hybridized carbons (Fsp3) is 0.500. The molecule has 0 unspecified atom stereocenters. The fourth-order valence-corrected chi connectivity index (χ4v) is 5.38. The van der Waals surface area contributed by atoms with Gasteiger partial charge in [-0.3, -0.25) is 4.79 Å². The third kappa shape index (κ3) is 3.85. The molecule has 2 aliphatic carbocycles. The molecule has 0 aromatic heterocycles. The molecule has 3 aliphatic rings. The highest BCUT2D eigenvalue weighted by atomic mass is 19.4. The molecule has 33 heavy (non-hydrogen) atoms. The van der Waals surface area contributed by atoms with E-state index in [-0.39, 0.29) is 29.2 Å². The number of halogens is 3. The molecular weight excluding hydrogens is 431 g/mol. The van der Waals surface area contributed by atoms with E-state index in [2.05, 4.69) is 12.1 Å². The van der Waals surface area contributed by atoms with Gasteiger partial charge in [-0.05, 0) is 74.3 Å². The van der Waals surface area contributed by atoms with Crippen LogP contribution in [0.25, 0.3) is 0 Å². The van der Waals surface area contributed by atoms with E-state index in [0.717, 1.165) is 45.4 Å². The first-order valence-corrected chi connectivity index (χ1v) is 11.6. The minimum absolute atomic E-state index is 0.0879. The largest absolute Gasteiger partial charge is 0.421 e. The highest BCUT2D eigenvalue weighted by Gasteiger charge is 2.51. The van der Waals surface area contributed by atoms with Crippen LogP contribution in [0.15, 0.2) is 48.5 Å². The van der Waals surface area contributed by atoms with Gasteiger partial charge in [0.1, 0.15) is 0 Å². The van der Waals surface area contributed by atoms with Crippen molar-refractivity contribution in [3.8, 4) is 0 Å². The Balaban J connectivity index is 1.32. The summed E-state index contributed by atoms with van der Waals surface area (Å²) in [6, 6.07) is 13.8. The lowest BCUT2D eigenvalue weighted by Gasteiger charge is -2.42. The number of fused-ring (bicyclic) bond motifs is 2. The molecule has 0 saturated heterocycles. The van der Waals surface area contributed by atoms with E-state index in [4.69, 9.17) is 4.74 Å². The van der Waals surface area contributed by atoms with Crippen molar-refractivity contribution in [2.75, 3.05) is 0 Å². The second-order valence-corrected chi connectivity index (χ2v) is 9.76. The highest BCUT2D eigenvalue weighted by molar-refractivity contribution is 5.95. The molecule has 176 valence electrons. The predicted molar refractivity (Wildman–Crippen MR) is 116 cm³/mol. The van der Waals surface area contributed by atoms with Gasteiger partial charge in [-0.25, -0.2) is 0 Å². The smallest absolute Gasteiger partial charge is 0.376 e. The van der Waals surface area contributed by atoms with Crippen LogP contribution < -0.4 is 0 Å². The van der Waals surface area contributed by atoms with Crippen LogP contribution in [0.3, 0.4) is 0 Å². The zero-order valence-corrected chi connectivity index (χ0v) is 18.6. The monoisotopic (exact) mass is 459 g/mol. The molecule has 5 rings (SSSR count). The molecule has 1 aliphatic heterocycles. The van der Waals surface area contributed by atoms with Crippen LogP contribution in [0.2, 0.25) is 0 Å². The number of hydrogen-bond donors (Lipinski definition) is 1. The second kappa shape index (κ2) is 7.84. The van der Waals surface area contributed by atoms with Crippen molar-refractivity contribution in [1.29, 1.82) is 0 Å². The molecule has 0 bridgehead atoms. The lowest BCUT2D eigenvalue weighted by molar-refractivity contribution is -0.258. The maximum Gasteiger partial charge on any atom is 0.421 e. The maximum absolute atomic E-state index is 13.4. The second-order valence-electron chi connectivity index (χ2n) is 9.76. The number of alkyl halides is 3. The number of nitrogens with zero attached hydrogens (tertiary/aromatic N) is 1. The molecule has 1 atom stereocenters. The van der Waals surface area contributed by atoms with Gasteiger partial charge in [-0.1, -0.05) is 36.4 Å². The summed E-state index contributed by atoms with van der Waals surface area (Å²) in [4.78, 5) is 15.4. The van der Waals surface area contributed by atoms with Gasteiger partial charge in [-0.15, -0.1) is 0 Å². The van der Waals surface area contributed by atoms with E-state index in [9.17, 15) is 23.1 Å². The van der Waals surface area contributed by atoms with Crippen LogP contribution >= 0.6 is 0 Å². The average Bonchev–Trinajstić information content (AvgIpc) is 3.57. The van der Waals surface area contributed by atoms with Crippen molar-refractivity contribution in [2.24, 2.45) is 0 Å². The van der Waals surface area contributed by atoms with Gasteiger partial charge >= 0.3 is 6.18 Å². The molecule has 2 saturated carbocycles. The Hall–Kier alpha value is -2.38. The number of benzene rings is 2. The number of rotatable bonds is 4. The van der Waals surface area contributed by atoms with Crippen molar-refractivity contribution in [2.45, 2.75) is 81.5 Å². The number of carbonyl (C=O) groups excluding carboxylic acids is 1.